The van der Waals surface area contributed by atoms with E-state index in [1.54, 1.807) is 12.1 Å². The Labute approximate surface area is 152 Å². The van der Waals surface area contributed by atoms with E-state index in [-0.39, 0.29) is 0 Å². The molecule has 0 atom stereocenters. The van der Waals surface area contributed by atoms with E-state index in [1.165, 1.54) is 11.8 Å². The molecule has 1 N–H and O–H groups in total. The van der Waals surface area contributed by atoms with Crippen molar-refractivity contribution < 1.29 is 0 Å². The largest absolute Gasteiger partial charge is 0.369 e. The fourth-order valence-corrected chi connectivity index (χ4v) is 2.68. The van der Waals surface area contributed by atoms with Crippen LogP contribution in [0.2, 0.25) is 5.02 Å². The summed E-state index contributed by atoms with van der Waals surface area (Å²) in [5.74, 6) is 0.584. The van der Waals surface area contributed by atoms with Crippen LogP contribution in [0.5, 0.6) is 0 Å². The lowest BCUT2D eigenvalue weighted by atomic mass is 10.1. The first-order chi connectivity index (χ1) is 11.5. The van der Waals surface area contributed by atoms with Gasteiger partial charge >= 0.3 is 0 Å². The lowest BCUT2D eigenvalue weighted by Crippen LogP contribution is -2.17. The summed E-state index contributed by atoms with van der Waals surface area (Å²) in [7, 11) is 4.08. The van der Waals surface area contributed by atoms with E-state index < -0.39 is 0 Å². The predicted molar refractivity (Wildman–Crippen MR) is 101 cm³/mol. The smallest absolute Gasteiger partial charge is 0.189 e. The molecule has 0 amide bonds. The first-order valence-corrected chi connectivity index (χ1v) is 9.16. The fraction of sp³-hybridized carbons (Fsp3) is 0.353. The van der Waals surface area contributed by atoms with Crippen molar-refractivity contribution in [2.24, 2.45) is 0 Å². The van der Waals surface area contributed by atoms with Crippen molar-refractivity contribution in [3.8, 4) is 17.3 Å². The number of nitriles is 1. The molecule has 0 saturated heterocycles. The maximum atomic E-state index is 9.61. The van der Waals surface area contributed by atoms with Gasteiger partial charge in [-0.2, -0.15) is 5.26 Å². The number of thioether (sulfide) groups is 1. The molecule has 2 rings (SSSR count). The van der Waals surface area contributed by atoms with Crippen LogP contribution in [0.1, 0.15) is 12.0 Å². The number of hydrogen-bond donors (Lipinski definition) is 1. The monoisotopic (exact) mass is 361 g/mol. The standard InChI is InChI=1S/C17H20ClN5S/c1-23(2)10-4-9-20-16-14(11-19)15(21-17(22-16)24-3)12-5-7-13(18)8-6-12/h5-8H,4,9-10H2,1-3H3,(H,20,21,22). The molecule has 1 aromatic carbocycles. The minimum Gasteiger partial charge on any atom is -0.369 e. The molecule has 0 saturated carbocycles. The van der Waals surface area contributed by atoms with Gasteiger partial charge in [-0.1, -0.05) is 35.5 Å². The highest BCUT2D eigenvalue weighted by molar-refractivity contribution is 7.98. The summed E-state index contributed by atoms with van der Waals surface area (Å²) in [5, 5.41) is 14.2. The molecule has 0 fully saturated rings. The van der Waals surface area contributed by atoms with E-state index in [2.05, 4.69) is 26.3 Å². The highest BCUT2D eigenvalue weighted by Gasteiger charge is 2.15. The second kappa shape index (κ2) is 8.88. The summed E-state index contributed by atoms with van der Waals surface area (Å²) in [6, 6.07) is 9.56. The highest BCUT2D eigenvalue weighted by atomic mass is 35.5. The molecule has 0 radical (unpaired) electrons. The van der Waals surface area contributed by atoms with Gasteiger partial charge in [0.1, 0.15) is 17.5 Å². The van der Waals surface area contributed by atoms with E-state index in [9.17, 15) is 5.26 Å². The Balaban J connectivity index is 2.34. The Bertz CT molecular complexity index is 725. The van der Waals surface area contributed by atoms with Crippen LogP contribution in [0, 0.1) is 11.3 Å². The molecule has 2 aromatic rings. The van der Waals surface area contributed by atoms with Gasteiger partial charge in [-0.15, -0.1) is 0 Å². The van der Waals surface area contributed by atoms with E-state index in [0.717, 1.165) is 25.1 Å². The maximum absolute atomic E-state index is 9.61. The van der Waals surface area contributed by atoms with Crippen LogP contribution in [-0.2, 0) is 0 Å². The Kier molecular flexibility index (Phi) is 6.85. The zero-order valence-corrected chi connectivity index (χ0v) is 15.6. The van der Waals surface area contributed by atoms with Gasteiger partial charge in [0.05, 0.1) is 5.69 Å². The molecule has 0 spiro atoms. The Morgan fingerprint density at radius 2 is 1.96 bits per heavy atom. The van der Waals surface area contributed by atoms with Crippen molar-refractivity contribution in [1.29, 1.82) is 5.26 Å². The Morgan fingerprint density at radius 3 is 2.54 bits per heavy atom. The lowest BCUT2D eigenvalue weighted by molar-refractivity contribution is 0.405. The molecular formula is C17H20ClN5S. The number of nitrogens with zero attached hydrogens (tertiary/aromatic N) is 4. The van der Waals surface area contributed by atoms with Crippen LogP contribution in [-0.4, -0.2) is 48.3 Å². The van der Waals surface area contributed by atoms with Crippen molar-refractivity contribution >= 4 is 29.2 Å². The quantitative estimate of drug-likeness (QED) is 0.460. The average Bonchev–Trinajstić information content (AvgIpc) is 2.58. The zero-order chi connectivity index (χ0) is 17.5. The van der Waals surface area contributed by atoms with Crippen LogP contribution in [0.4, 0.5) is 5.82 Å². The van der Waals surface area contributed by atoms with Crippen LogP contribution in [0.3, 0.4) is 0 Å². The van der Waals surface area contributed by atoms with Crippen LogP contribution in [0.15, 0.2) is 29.4 Å². The normalized spacial score (nSPS) is 10.7. The van der Waals surface area contributed by atoms with Gasteiger partial charge in [-0.25, -0.2) is 9.97 Å². The molecule has 1 heterocycles. The summed E-state index contributed by atoms with van der Waals surface area (Å²) in [6.45, 7) is 1.72. The molecule has 1 aromatic heterocycles. The number of nitrogens with one attached hydrogen (secondary N) is 1. The molecule has 24 heavy (non-hydrogen) atoms. The molecule has 5 nitrogen and oxygen atoms in total. The van der Waals surface area contributed by atoms with Crippen LogP contribution >= 0.6 is 23.4 Å². The van der Waals surface area contributed by atoms with E-state index in [0.29, 0.717) is 27.3 Å². The minimum absolute atomic E-state index is 0.458. The SMILES string of the molecule is CSc1nc(NCCCN(C)C)c(C#N)c(-c2ccc(Cl)cc2)n1. The second-order valence-electron chi connectivity index (χ2n) is 5.48. The van der Waals surface area contributed by atoms with Crippen molar-refractivity contribution in [1.82, 2.24) is 14.9 Å². The minimum atomic E-state index is 0.458. The highest BCUT2D eigenvalue weighted by Crippen LogP contribution is 2.29. The van der Waals surface area contributed by atoms with Crippen molar-refractivity contribution in [3.63, 3.8) is 0 Å². The number of rotatable bonds is 7. The van der Waals surface area contributed by atoms with E-state index in [1.807, 2.05) is 32.5 Å². The molecule has 0 aliphatic carbocycles. The van der Waals surface area contributed by atoms with Gasteiger partial charge in [-0.05, 0) is 45.4 Å². The number of benzene rings is 1. The predicted octanol–water partition coefficient (Wildman–Crippen LogP) is 3.75. The summed E-state index contributed by atoms with van der Waals surface area (Å²) < 4.78 is 0. The third kappa shape index (κ3) is 4.84. The van der Waals surface area contributed by atoms with E-state index >= 15 is 0 Å². The van der Waals surface area contributed by atoms with Gasteiger partial charge in [0.15, 0.2) is 5.16 Å². The van der Waals surface area contributed by atoms with Crippen LogP contribution in [0.25, 0.3) is 11.3 Å². The first-order valence-electron chi connectivity index (χ1n) is 7.55. The number of aromatic nitrogens is 2. The average molecular weight is 362 g/mol. The first kappa shape index (κ1) is 18.5. The van der Waals surface area contributed by atoms with Gasteiger partial charge in [0.25, 0.3) is 0 Å². The Hall–Kier alpha value is -1.81. The Morgan fingerprint density at radius 1 is 1.25 bits per heavy atom. The van der Waals surface area contributed by atoms with Gasteiger partial charge in [0.2, 0.25) is 0 Å². The van der Waals surface area contributed by atoms with Crippen LogP contribution < -0.4 is 5.32 Å². The van der Waals surface area contributed by atoms with Gasteiger partial charge < -0.3 is 10.2 Å². The van der Waals surface area contributed by atoms with Crippen molar-refractivity contribution in [2.75, 3.05) is 38.8 Å². The number of halogens is 1. The molecule has 0 aliphatic heterocycles. The number of anilines is 1. The summed E-state index contributed by atoms with van der Waals surface area (Å²) in [4.78, 5) is 11.1. The van der Waals surface area contributed by atoms with Gasteiger partial charge in [0, 0.05) is 17.1 Å². The molecule has 0 unspecified atom stereocenters. The molecular weight excluding hydrogens is 342 g/mol. The van der Waals surface area contributed by atoms with Crippen molar-refractivity contribution in [3.05, 3.63) is 34.9 Å². The third-order valence-corrected chi connectivity index (χ3v) is 4.17. The number of hydrogen-bond acceptors (Lipinski definition) is 6. The summed E-state index contributed by atoms with van der Waals surface area (Å²) in [6.07, 6.45) is 2.88. The zero-order valence-electron chi connectivity index (χ0n) is 14.0. The van der Waals surface area contributed by atoms with E-state index in [4.69, 9.17) is 11.6 Å². The lowest BCUT2D eigenvalue weighted by Gasteiger charge is -2.13. The third-order valence-electron chi connectivity index (χ3n) is 3.38. The molecule has 0 aliphatic rings. The molecule has 0 bridgehead atoms. The topological polar surface area (TPSA) is 64.8 Å². The molecule has 7 heteroatoms. The fourth-order valence-electron chi connectivity index (χ4n) is 2.18. The molecule has 126 valence electrons. The summed E-state index contributed by atoms with van der Waals surface area (Å²) >= 11 is 7.41. The second-order valence-corrected chi connectivity index (χ2v) is 6.69. The summed E-state index contributed by atoms with van der Waals surface area (Å²) in [5.41, 5.74) is 1.94. The van der Waals surface area contributed by atoms with Crippen molar-refractivity contribution in [2.45, 2.75) is 11.6 Å². The van der Waals surface area contributed by atoms with Gasteiger partial charge in [-0.3, -0.25) is 0 Å². The maximum Gasteiger partial charge on any atom is 0.189 e.